The molecule has 16 heavy (non-hydrogen) atoms. The van der Waals surface area contributed by atoms with Gasteiger partial charge in [-0.3, -0.25) is 4.79 Å². The van der Waals surface area contributed by atoms with Gasteiger partial charge in [0.1, 0.15) is 0 Å². The van der Waals surface area contributed by atoms with E-state index in [-0.39, 0.29) is 11.5 Å². The van der Waals surface area contributed by atoms with Gasteiger partial charge in [0.15, 0.2) is 0 Å². The van der Waals surface area contributed by atoms with Crippen LogP contribution in [-0.4, -0.2) is 16.3 Å². The molecule has 4 heteroatoms. The van der Waals surface area contributed by atoms with Gasteiger partial charge in [-0.1, -0.05) is 35.0 Å². The van der Waals surface area contributed by atoms with E-state index in [1.807, 2.05) is 25.1 Å². The lowest BCUT2D eigenvalue weighted by Crippen LogP contribution is -2.20. The zero-order valence-corrected chi connectivity index (χ0v) is 10.3. The third-order valence-electron chi connectivity index (χ3n) is 2.60. The van der Waals surface area contributed by atoms with Gasteiger partial charge in [0.05, 0.1) is 5.56 Å². The Balaban J connectivity index is 2.73. The Hall–Kier alpha value is -1.51. The molecule has 0 atom stereocenters. The highest BCUT2D eigenvalue weighted by atomic mass is 79.9. The van der Waals surface area contributed by atoms with E-state index in [2.05, 4.69) is 20.7 Å². The lowest BCUT2D eigenvalue weighted by Gasteiger charge is -2.10. The molecule has 0 bridgehead atoms. The fourth-order valence-electron chi connectivity index (χ4n) is 1.71. The Morgan fingerprint density at radius 3 is 2.75 bits per heavy atom. The highest BCUT2D eigenvalue weighted by Gasteiger charge is 2.29. The lowest BCUT2D eigenvalue weighted by atomic mass is 9.92. The van der Waals surface area contributed by atoms with Crippen LogP contribution in [0.15, 0.2) is 24.3 Å². The molecule has 1 aliphatic carbocycles. The molecule has 0 unspecified atom stereocenters. The van der Waals surface area contributed by atoms with Crippen molar-refractivity contribution in [1.29, 1.82) is 0 Å². The number of halogens is 1. The van der Waals surface area contributed by atoms with Crippen molar-refractivity contribution in [2.45, 2.75) is 13.3 Å². The molecule has 80 valence electrons. The number of ketones is 1. The van der Waals surface area contributed by atoms with Gasteiger partial charge in [-0.15, -0.1) is 0 Å². The summed E-state index contributed by atoms with van der Waals surface area (Å²) in [5.41, 5.74) is 11.7. The number of aryl methyl sites for hydroxylation is 1. The smallest absolute Gasteiger partial charge is 0.361 e. The van der Waals surface area contributed by atoms with E-state index in [4.69, 9.17) is 5.53 Å². The Morgan fingerprint density at radius 1 is 1.38 bits per heavy atom. The first-order chi connectivity index (χ1) is 7.67. The molecule has 0 amide bonds. The first kappa shape index (κ1) is 11.0. The number of nitrogens with zero attached hydrogens (tertiary/aromatic N) is 2. The summed E-state index contributed by atoms with van der Waals surface area (Å²) < 4.78 is 0.725. The molecule has 0 saturated carbocycles. The van der Waals surface area contributed by atoms with Gasteiger partial charge < -0.3 is 5.53 Å². The standard InChI is InChI=1S/C12H9BrN2O/c1-2-7-3-4-8-9(5-7)12(15-14)11(16)6-10(8)13/h3-6H,2H2,1H3. The number of carbonyl (C=O) groups excluding carboxylic acids is 1. The molecule has 2 rings (SSSR count). The Kier molecular flexibility index (Phi) is 2.86. The average Bonchev–Trinajstić information content (AvgIpc) is 2.28. The summed E-state index contributed by atoms with van der Waals surface area (Å²) in [6, 6.07) is 5.81. The molecule has 0 spiro atoms. The van der Waals surface area contributed by atoms with Crippen LogP contribution in [-0.2, 0) is 11.2 Å². The average molecular weight is 277 g/mol. The van der Waals surface area contributed by atoms with Crippen molar-refractivity contribution in [3.05, 3.63) is 46.5 Å². The maximum Gasteiger partial charge on any atom is 0.369 e. The van der Waals surface area contributed by atoms with E-state index in [0.29, 0.717) is 5.56 Å². The van der Waals surface area contributed by atoms with Crippen LogP contribution in [0.4, 0.5) is 0 Å². The molecule has 1 aromatic carbocycles. The summed E-state index contributed by atoms with van der Waals surface area (Å²) in [6.07, 6.45) is 2.30. The van der Waals surface area contributed by atoms with Crippen LogP contribution in [0.1, 0.15) is 23.6 Å². The number of hydrogen-bond donors (Lipinski definition) is 0. The van der Waals surface area contributed by atoms with Crippen LogP contribution in [0.5, 0.6) is 0 Å². The summed E-state index contributed by atoms with van der Waals surface area (Å²) in [5.74, 6) is -0.282. The zero-order chi connectivity index (χ0) is 11.7. The molecular weight excluding hydrogens is 268 g/mol. The quantitative estimate of drug-likeness (QED) is 0.575. The molecule has 0 radical (unpaired) electrons. The minimum atomic E-state index is -0.282. The van der Waals surface area contributed by atoms with Gasteiger partial charge in [-0.05, 0) is 18.1 Å². The highest BCUT2D eigenvalue weighted by molar-refractivity contribution is 9.15. The van der Waals surface area contributed by atoms with Crippen molar-refractivity contribution in [3.8, 4) is 0 Å². The van der Waals surface area contributed by atoms with Crippen molar-refractivity contribution in [3.63, 3.8) is 0 Å². The van der Waals surface area contributed by atoms with Gasteiger partial charge >= 0.3 is 5.71 Å². The summed E-state index contributed by atoms with van der Waals surface area (Å²) >= 11 is 3.33. The predicted octanol–water partition coefficient (Wildman–Crippen LogP) is 2.59. The molecule has 1 aromatic rings. The first-order valence-electron chi connectivity index (χ1n) is 4.94. The highest BCUT2D eigenvalue weighted by Crippen LogP contribution is 2.29. The second kappa shape index (κ2) is 4.16. The number of hydrogen-bond acceptors (Lipinski definition) is 1. The second-order valence-corrected chi connectivity index (χ2v) is 4.39. The van der Waals surface area contributed by atoms with Crippen LogP contribution >= 0.6 is 15.9 Å². The maximum atomic E-state index is 11.6. The molecule has 0 aromatic heterocycles. The summed E-state index contributed by atoms with van der Waals surface area (Å²) in [7, 11) is 0. The van der Waals surface area contributed by atoms with Crippen LogP contribution in [0.25, 0.3) is 10.0 Å². The minimum absolute atomic E-state index is 0.105. The van der Waals surface area contributed by atoms with Crippen LogP contribution < -0.4 is 0 Å². The SMILES string of the molecule is CCc1ccc2c(c1)C(=[N+]=[N-])C(=O)C=C2Br. The molecule has 3 nitrogen and oxygen atoms in total. The number of benzene rings is 1. The third kappa shape index (κ3) is 1.66. The molecule has 0 heterocycles. The van der Waals surface area contributed by atoms with Gasteiger partial charge in [0.2, 0.25) is 0 Å². The number of carbonyl (C=O) groups is 1. The van der Waals surface area contributed by atoms with Crippen molar-refractivity contribution in [2.24, 2.45) is 0 Å². The van der Waals surface area contributed by atoms with E-state index in [1.165, 1.54) is 6.08 Å². The van der Waals surface area contributed by atoms with Crippen molar-refractivity contribution < 1.29 is 9.58 Å². The van der Waals surface area contributed by atoms with Gasteiger partial charge in [0, 0.05) is 16.1 Å². The van der Waals surface area contributed by atoms with Crippen molar-refractivity contribution >= 4 is 31.9 Å². The predicted molar refractivity (Wildman–Crippen MR) is 65.5 cm³/mol. The molecule has 0 aliphatic heterocycles. The molecule has 0 N–H and O–H groups in total. The number of rotatable bonds is 1. The Labute approximate surface area is 102 Å². The summed E-state index contributed by atoms with van der Waals surface area (Å²) in [5, 5.41) is 0. The van der Waals surface area contributed by atoms with Crippen molar-refractivity contribution in [1.82, 2.24) is 0 Å². The number of fused-ring (bicyclic) bond motifs is 1. The Bertz CT molecular complexity index is 554. The van der Waals surface area contributed by atoms with E-state index in [0.717, 1.165) is 22.0 Å². The second-order valence-electron chi connectivity index (χ2n) is 3.54. The van der Waals surface area contributed by atoms with E-state index in [9.17, 15) is 4.79 Å². The summed E-state index contributed by atoms with van der Waals surface area (Å²) in [6.45, 7) is 2.03. The van der Waals surface area contributed by atoms with Crippen molar-refractivity contribution in [2.75, 3.05) is 0 Å². The van der Waals surface area contributed by atoms with Gasteiger partial charge in [-0.25, -0.2) is 0 Å². The third-order valence-corrected chi connectivity index (χ3v) is 3.25. The van der Waals surface area contributed by atoms with Crippen LogP contribution in [0, 0.1) is 0 Å². The maximum absolute atomic E-state index is 11.6. The summed E-state index contributed by atoms with van der Waals surface area (Å²) in [4.78, 5) is 14.7. The van der Waals surface area contributed by atoms with Gasteiger partial charge in [-0.2, -0.15) is 4.79 Å². The van der Waals surface area contributed by atoms with E-state index in [1.54, 1.807) is 0 Å². The Morgan fingerprint density at radius 2 is 2.12 bits per heavy atom. The lowest BCUT2D eigenvalue weighted by molar-refractivity contribution is -0.112. The normalized spacial score (nSPS) is 14.2. The number of allylic oxidation sites excluding steroid dienone is 1. The molecule has 0 fully saturated rings. The fraction of sp³-hybridized carbons (Fsp3) is 0.167. The van der Waals surface area contributed by atoms with Crippen LogP contribution in [0.2, 0.25) is 0 Å². The monoisotopic (exact) mass is 276 g/mol. The molecule has 1 aliphatic rings. The topological polar surface area (TPSA) is 53.5 Å². The van der Waals surface area contributed by atoms with Crippen LogP contribution in [0.3, 0.4) is 0 Å². The van der Waals surface area contributed by atoms with E-state index >= 15 is 0 Å². The largest absolute Gasteiger partial charge is 0.369 e. The zero-order valence-electron chi connectivity index (χ0n) is 8.70. The fourth-order valence-corrected chi connectivity index (χ4v) is 2.27. The van der Waals surface area contributed by atoms with Gasteiger partial charge in [0.25, 0.3) is 5.78 Å². The first-order valence-corrected chi connectivity index (χ1v) is 5.74. The molecule has 0 saturated heterocycles. The molecular formula is C12H9BrN2O. The van der Waals surface area contributed by atoms with E-state index < -0.39 is 0 Å². The minimum Gasteiger partial charge on any atom is -0.361 e.